The lowest BCUT2D eigenvalue weighted by Crippen LogP contribution is -2.45. The molecule has 30 heavy (non-hydrogen) atoms. The fourth-order valence-corrected chi connectivity index (χ4v) is 3.69. The minimum absolute atomic E-state index is 0.0939. The number of carbonyl (C=O) groups is 1. The molecule has 3 rings (SSSR count). The molecule has 1 fully saturated rings. The second-order valence-electron chi connectivity index (χ2n) is 7.33. The predicted octanol–water partition coefficient (Wildman–Crippen LogP) is 3.63. The molecule has 0 radical (unpaired) electrons. The fourth-order valence-electron chi connectivity index (χ4n) is 3.40. The normalized spacial score (nSPS) is 16.1. The van der Waals surface area contributed by atoms with Crippen molar-refractivity contribution in [2.45, 2.75) is 25.0 Å². The van der Waals surface area contributed by atoms with Gasteiger partial charge in [-0.2, -0.15) is 0 Å². The lowest BCUT2D eigenvalue weighted by atomic mass is 10.1. The van der Waals surface area contributed by atoms with E-state index in [4.69, 9.17) is 33.3 Å². The molecule has 1 aliphatic heterocycles. The number of rotatable bonds is 8. The van der Waals surface area contributed by atoms with E-state index in [1.165, 1.54) is 6.21 Å². The van der Waals surface area contributed by atoms with Gasteiger partial charge in [0.1, 0.15) is 11.9 Å². The number of piperidine rings is 1. The SMILES string of the molecule is N=Cc1cccc(C(=O)NC[C@@H](O)CN2CCC(Oc3ccc(Cl)c(Cl)c3)CC2)c1. The van der Waals surface area contributed by atoms with Crippen molar-refractivity contribution >= 4 is 35.3 Å². The Bertz CT molecular complexity index is 886. The van der Waals surface area contributed by atoms with Crippen molar-refractivity contribution < 1.29 is 14.6 Å². The minimum atomic E-state index is -0.660. The van der Waals surface area contributed by atoms with Crippen LogP contribution in [-0.4, -0.2) is 60.5 Å². The first-order valence-electron chi connectivity index (χ1n) is 9.85. The van der Waals surface area contributed by atoms with Gasteiger partial charge in [-0.05, 0) is 42.7 Å². The first-order valence-corrected chi connectivity index (χ1v) is 10.6. The van der Waals surface area contributed by atoms with Gasteiger partial charge in [0.2, 0.25) is 0 Å². The maximum absolute atomic E-state index is 12.2. The zero-order valence-corrected chi connectivity index (χ0v) is 18.0. The summed E-state index contributed by atoms with van der Waals surface area (Å²) in [6.07, 6.45) is 2.32. The third-order valence-electron chi connectivity index (χ3n) is 5.01. The molecule has 3 N–H and O–H groups in total. The number of β-amino-alcohol motifs (C(OH)–C–C–N with tert-alkyl or cyclic N) is 1. The highest BCUT2D eigenvalue weighted by Gasteiger charge is 2.22. The summed E-state index contributed by atoms with van der Waals surface area (Å²) in [5.41, 5.74) is 1.14. The summed E-state index contributed by atoms with van der Waals surface area (Å²) in [6, 6.07) is 12.1. The van der Waals surface area contributed by atoms with Crippen LogP contribution in [0.1, 0.15) is 28.8 Å². The van der Waals surface area contributed by atoms with Crippen LogP contribution in [-0.2, 0) is 0 Å². The van der Waals surface area contributed by atoms with E-state index in [9.17, 15) is 9.90 Å². The van der Waals surface area contributed by atoms with Crippen LogP contribution < -0.4 is 10.1 Å². The van der Waals surface area contributed by atoms with Crippen molar-refractivity contribution in [2.75, 3.05) is 26.2 Å². The van der Waals surface area contributed by atoms with Gasteiger partial charge in [0.05, 0.1) is 16.1 Å². The van der Waals surface area contributed by atoms with E-state index >= 15 is 0 Å². The van der Waals surface area contributed by atoms with Gasteiger partial charge in [0.25, 0.3) is 5.91 Å². The van der Waals surface area contributed by atoms with Gasteiger partial charge >= 0.3 is 0 Å². The number of benzene rings is 2. The van der Waals surface area contributed by atoms with Crippen LogP contribution >= 0.6 is 23.2 Å². The lowest BCUT2D eigenvalue weighted by Gasteiger charge is -2.33. The number of likely N-dealkylation sites (tertiary alicyclic amines) is 1. The standard InChI is InChI=1S/C22H25Cl2N3O3/c23-20-5-4-19(11-21(20)24)30-18-6-8-27(9-7-18)14-17(28)13-26-22(29)16-3-1-2-15(10-16)12-25/h1-5,10-12,17-18,25,28H,6-9,13-14H2,(H,26,29)/t17-/m1/s1. The molecule has 2 aromatic rings. The van der Waals surface area contributed by atoms with Crippen molar-refractivity contribution in [2.24, 2.45) is 0 Å². The highest BCUT2D eigenvalue weighted by molar-refractivity contribution is 6.42. The van der Waals surface area contributed by atoms with E-state index in [1.807, 2.05) is 6.07 Å². The number of ether oxygens (including phenoxy) is 1. The van der Waals surface area contributed by atoms with Gasteiger partial charge in [0, 0.05) is 44.0 Å². The highest BCUT2D eigenvalue weighted by atomic mass is 35.5. The molecular weight excluding hydrogens is 425 g/mol. The van der Waals surface area contributed by atoms with Gasteiger partial charge in [0.15, 0.2) is 0 Å². The third kappa shape index (κ3) is 6.44. The Kier molecular flexibility index (Phi) is 8.10. The number of carbonyl (C=O) groups excluding carboxylic acids is 1. The molecule has 1 atom stereocenters. The average molecular weight is 450 g/mol. The van der Waals surface area contributed by atoms with E-state index in [-0.39, 0.29) is 18.6 Å². The number of amides is 1. The zero-order valence-electron chi connectivity index (χ0n) is 16.5. The molecule has 0 unspecified atom stereocenters. The van der Waals surface area contributed by atoms with Gasteiger partial charge in [-0.15, -0.1) is 0 Å². The van der Waals surface area contributed by atoms with Crippen molar-refractivity contribution in [3.8, 4) is 5.75 Å². The van der Waals surface area contributed by atoms with Crippen LogP contribution in [0.4, 0.5) is 0 Å². The number of nitrogens with zero attached hydrogens (tertiary/aromatic N) is 1. The lowest BCUT2D eigenvalue weighted by molar-refractivity contribution is 0.0594. The summed E-state index contributed by atoms with van der Waals surface area (Å²) in [6.45, 7) is 2.27. The van der Waals surface area contributed by atoms with Crippen LogP contribution in [0.5, 0.6) is 5.75 Å². The molecule has 1 heterocycles. The van der Waals surface area contributed by atoms with Crippen molar-refractivity contribution in [1.29, 1.82) is 5.41 Å². The summed E-state index contributed by atoms with van der Waals surface area (Å²) in [5, 5.41) is 21.3. The first-order chi connectivity index (χ1) is 14.4. The van der Waals surface area contributed by atoms with Crippen LogP contribution in [0.25, 0.3) is 0 Å². The average Bonchev–Trinajstić information content (AvgIpc) is 2.76. The third-order valence-corrected chi connectivity index (χ3v) is 5.75. The van der Waals surface area contributed by atoms with Crippen LogP contribution in [0.3, 0.4) is 0 Å². The number of hydrogen-bond donors (Lipinski definition) is 3. The molecule has 8 heteroatoms. The molecular formula is C22H25Cl2N3O3. The number of hydrogen-bond acceptors (Lipinski definition) is 5. The fraction of sp³-hybridized carbons (Fsp3) is 0.364. The molecule has 0 bridgehead atoms. The Morgan fingerprint density at radius 3 is 2.70 bits per heavy atom. The van der Waals surface area contributed by atoms with Crippen LogP contribution in [0.15, 0.2) is 42.5 Å². The van der Waals surface area contributed by atoms with Gasteiger partial charge in [-0.1, -0.05) is 35.3 Å². The maximum atomic E-state index is 12.2. The predicted molar refractivity (Wildman–Crippen MR) is 119 cm³/mol. The van der Waals surface area contributed by atoms with Crippen molar-refractivity contribution in [3.63, 3.8) is 0 Å². The van der Waals surface area contributed by atoms with Crippen molar-refractivity contribution in [1.82, 2.24) is 10.2 Å². The minimum Gasteiger partial charge on any atom is -0.490 e. The van der Waals surface area contributed by atoms with E-state index in [0.29, 0.717) is 33.5 Å². The molecule has 0 aromatic heterocycles. The molecule has 6 nitrogen and oxygen atoms in total. The summed E-state index contributed by atoms with van der Waals surface area (Å²) in [5.74, 6) is 0.448. The number of aliphatic hydroxyl groups excluding tert-OH is 1. The number of nitrogens with one attached hydrogen (secondary N) is 2. The molecule has 0 aliphatic carbocycles. The van der Waals surface area contributed by atoms with Crippen molar-refractivity contribution in [3.05, 3.63) is 63.6 Å². The summed E-state index contributed by atoms with van der Waals surface area (Å²) < 4.78 is 5.99. The number of aliphatic hydroxyl groups is 1. The van der Waals surface area contributed by atoms with Crippen LogP contribution in [0, 0.1) is 5.41 Å². The summed E-state index contributed by atoms with van der Waals surface area (Å²) >= 11 is 12.0. The van der Waals surface area contributed by atoms with E-state index in [2.05, 4.69) is 10.2 Å². The highest BCUT2D eigenvalue weighted by Crippen LogP contribution is 2.28. The molecule has 2 aromatic carbocycles. The van der Waals surface area contributed by atoms with Gasteiger partial charge < -0.3 is 25.5 Å². The Morgan fingerprint density at radius 1 is 1.23 bits per heavy atom. The molecule has 1 amide bonds. The second-order valence-corrected chi connectivity index (χ2v) is 8.14. The summed E-state index contributed by atoms with van der Waals surface area (Å²) in [4.78, 5) is 14.4. The Labute approximate surface area is 186 Å². The molecule has 1 saturated heterocycles. The Morgan fingerprint density at radius 2 is 2.00 bits per heavy atom. The Balaban J connectivity index is 1.39. The molecule has 1 aliphatic rings. The van der Waals surface area contributed by atoms with E-state index < -0.39 is 6.10 Å². The van der Waals surface area contributed by atoms with E-state index in [1.54, 1.807) is 36.4 Å². The second kappa shape index (κ2) is 10.8. The maximum Gasteiger partial charge on any atom is 0.251 e. The zero-order chi connectivity index (χ0) is 21.5. The molecule has 0 saturated carbocycles. The van der Waals surface area contributed by atoms with Crippen LogP contribution in [0.2, 0.25) is 10.0 Å². The van der Waals surface area contributed by atoms with Gasteiger partial charge in [-0.3, -0.25) is 4.79 Å². The quantitative estimate of drug-likeness (QED) is 0.537. The first kappa shape index (κ1) is 22.6. The summed E-state index contributed by atoms with van der Waals surface area (Å²) in [7, 11) is 0. The smallest absolute Gasteiger partial charge is 0.251 e. The largest absolute Gasteiger partial charge is 0.490 e. The Hall–Kier alpha value is -2.12. The molecule has 160 valence electrons. The topological polar surface area (TPSA) is 85.7 Å². The van der Waals surface area contributed by atoms with E-state index in [0.717, 1.165) is 25.9 Å². The molecule has 0 spiro atoms. The van der Waals surface area contributed by atoms with Gasteiger partial charge in [-0.25, -0.2) is 0 Å². The monoisotopic (exact) mass is 449 g/mol. The number of halogens is 2.